The first-order valence-electron chi connectivity index (χ1n) is 8.00. The van der Waals surface area contributed by atoms with Crippen molar-refractivity contribution in [2.45, 2.75) is 65.0 Å². The van der Waals surface area contributed by atoms with Crippen LogP contribution in [0.1, 0.15) is 49.6 Å². The molecule has 1 aromatic rings. The molecule has 1 aliphatic carbocycles. The Morgan fingerprint density at radius 3 is 2.67 bits per heavy atom. The van der Waals surface area contributed by atoms with Crippen LogP contribution in [0, 0.1) is 13.8 Å². The van der Waals surface area contributed by atoms with Gasteiger partial charge in [-0.25, -0.2) is 0 Å². The number of nitrogens with one attached hydrogen (secondary N) is 2. The van der Waals surface area contributed by atoms with E-state index in [4.69, 9.17) is 0 Å². The fourth-order valence-electron chi connectivity index (χ4n) is 3.02. The van der Waals surface area contributed by atoms with Gasteiger partial charge in [-0.15, -0.1) is 0 Å². The van der Waals surface area contributed by atoms with Crippen molar-refractivity contribution in [2.75, 3.05) is 13.6 Å². The highest BCUT2D eigenvalue weighted by Gasteiger charge is 2.23. The molecule has 1 unspecified atom stereocenters. The van der Waals surface area contributed by atoms with E-state index in [1.807, 2.05) is 27.8 Å². The molecule has 0 saturated heterocycles. The summed E-state index contributed by atoms with van der Waals surface area (Å²) in [6.45, 7) is 6.92. The largest absolute Gasteiger partial charge is 0.352 e. The molecule has 21 heavy (non-hydrogen) atoms. The lowest BCUT2D eigenvalue weighted by Crippen LogP contribution is -2.46. The number of aryl methyl sites for hydroxylation is 2. The Hall–Kier alpha value is -1.36. The number of nitrogens with zero attached hydrogens (tertiary/aromatic N) is 2. The van der Waals surface area contributed by atoms with Crippen LogP contribution in [0.3, 0.4) is 0 Å². The number of hydrogen-bond donors (Lipinski definition) is 2. The maximum Gasteiger partial charge on any atom is 0.237 e. The van der Waals surface area contributed by atoms with Crippen molar-refractivity contribution in [3.63, 3.8) is 0 Å². The van der Waals surface area contributed by atoms with Gasteiger partial charge in [-0.05, 0) is 52.6 Å². The molecule has 0 radical (unpaired) electrons. The molecular weight excluding hydrogens is 264 g/mol. The van der Waals surface area contributed by atoms with Crippen LogP contribution in [0.5, 0.6) is 0 Å². The van der Waals surface area contributed by atoms with Crippen LogP contribution in [0.4, 0.5) is 0 Å². The molecule has 0 aromatic carbocycles. The van der Waals surface area contributed by atoms with Crippen LogP contribution in [0.15, 0.2) is 0 Å². The van der Waals surface area contributed by atoms with Crippen LogP contribution >= 0.6 is 0 Å². The van der Waals surface area contributed by atoms with Gasteiger partial charge in [0.15, 0.2) is 0 Å². The van der Waals surface area contributed by atoms with Gasteiger partial charge < -0.3 is 5.32 Å². The van der Waals surface area contributed by atoms with E-state index in [0.717, 1.165) is 37.2 Å². The molecule has 2 rings (SSSR count). The normalized spacial score (nSPS) is 17.4. The minimum absolute atomic E-state index is 0.0851. The minimum Gasteiger partial charge on any atom is -0.352 e. The van der Waals surface area contributed by atoms with Gasteiger partial charge in [-0.3, -0.25) is 14.8 Å². The molecule has 118 valence electrons. The molecule has 5 nitrogen and oxygen atoms in total. The summed E-state index contributed by atoms with van der Waals surface area (Å²) in [5.74, 6) is 0.157. The quantitative estimate of drug-likeness (QED) is 0.842. The van der Waals surface area contributed by atoms with Gasteiger partial charge in [0.05, 0.1) is 11.7 Å². The Morgan fingerprint density at radius 2 is 2.10 bits per heavy atom. The monoisotopic (exact) mass is 292 g/mol. The SMILES string of the molecule is Cc1n[nH]c(C)c1CCN(C)C(C)C(=O)NC1CCCC1. The number of aromatic nitrogens is 2. The molecular formula is C16H28N4O. The van der Waals surface area contributed by atoms with E-state index >= 15 is 0 Å². The highest BCUT2D eigenvalue weighted by atomic mass is 16.2. The average Bonchev–Trinajstić information content (AvgIpc) is 3.06. The van der Waals surface area contributed by atoms with Gasteiger partial charge in [0, 0.05) is 18.3 Å². The molecule has 0 bridgehead atoms. The van der Waals surface area contributed by atoms with E-state index in [1.165, 1.54) is 18.4 Å². The first kappa shape index (κ1) is 16.0. The standard InChI is InChI=1S/C16H28N4O/c1-11-15(12(2)19-18-11)9-10-20(4)13(3)16(21)17-14-7-5-6-8-14/h13-14H,5-10H2,1-4H3,(H,17,21)(H,18,19). The molecule has 1 saturated carbocycles. The predicted molar refractivity (Wildman–Crippen MR) is 84.3 cm³/mol. The van der Waals surface area contributed by atoms with Gasteiger partial charge in [-0.2, -0.15) is 5.10 Å². The summed E-state index contributed by atoms with van der Waals surface area (Å²) < 4.78 is 0. The third-order valence-corrected chi connectivity index (χ3v) is 4.74. The summed E-state index contributed by atoms with van der Waals surface area (Å²) in [5, 5.41) is 10.4. The number of carbonyl (C=O) groups is 1. The summed E-state index contributed by atoms with van der Waals surface area (Å²) in [6.07, 6.45) is 5.68. The van der Waals surface area contributed by atoms with Crippen LogP contribution in [-0.4, -0.2) is 46.7 Å². The van der Waals surface area contributed by atoms with E-state index in [0.29, 0.717) is 6.04 Å². The summed E-state index contributed by atoms with van der Waals surface area (Å²) in [6, 6.07) is 0.310. The fourth-order valence-corrected chi connectivity index (χ4v) is 3.02. The molecule has 1 atom stereocenters. The van der Waals surface area contributed by atoms with Crippen molar-refractivity contribution in [1.29, 1.82) is 0 Å². The van der Waals surface area contributed by atoms with Crippen molar-refractivity contribution in [1.82, 2.24) is 20.4 Å². The van der Waals surface area contributed by atoms with Crippen LogP contribution in [0.25, 0.3) is 0 Å². The molecule has 0 aliphatic heterocycles. The first-order chi connectivity index (χ1) is 9.99. The lowest BCUT2D eigenvalue weighted by Gasteiger charge is -2.25. The van der Waals surface area contributed by atoms with E-state index in [-0.39, 0.29) is 11.9 Å². The Balaban J connectivity index is 1.81. The van der Waals surface area contributed by atoms with Crippen LogP contribution in [0.2, 0.25) is 0 Å². The molecule has 1 aromatic heterocycles. The predicted octanol–water partition coefficient (Wildman–Crippen LogP) is 1.95. The van der Waals surface area contributed by atoms with Crippen molar-refractivity contribution in [3.05, 3.63) is 17.0 Å². The van der Waals surface area contributed by atoms with Gasteiger partial charge in [-0.1, -0.05) is 12.8 Å². The maximum atomic E-state index is 12.3. The summed E-state index contributed by atoms with van der Waals surface area (Å²) in [4.78, 5) is 14.4. The number of hydrogen-bond acceptors (Lipinski definition) is 3. The number of amides is 1. The number of carbonyl (C=O) groups excluding carboxylic acids is 1. The fraction of sp³-hybridized carbons (Fsp3) is 0.750. The number of likely N-dealkylation sites (N-methyl/N-ethyl adjacent to an activating group) is 1. The van der Waals surface area contributed by atoms with Gasteiger partial charge in [0.2, 0.25) is 5.91 Å². The second kappa shape index (κ2) is 7.07. The molecule has 1 amide bonds. The van der Waals surface area contributed by atoms with E-state index < -0.39 is 0 Å². The Labute approximate surface area is 127 Å². The summed E-state index contributed by atoms with van der Waals surface area (Å²) >= 11 is 0. The van der Waals surface area contributed by atoms with E-state index in [9.17, 15) is 4.79 Å². The molecule has 1 heterocycles. The zero-order chi connectivity index (χ0) is 15.4. The third kappa shape index (κ3) is 4.06. The molecule has 1 fully saturated rings. The lowest BCUT2D eigenvalue weighted by molar-refractivity contribution is -0.126. The average molecular weight is 292 g/mol. The molecule has 5 heteroatoms. The smallest absolute Gasteiger partial charge is 0.237 e. The second-order valence-corrected chi connectivity index (χ2v) is 6.31. The van der Waals surface area contributed by atoms with Gasteiger partial charge in [0.25, 0.3) is 0 Å². The third-order valence-electron chi connectivity index (χ3n) is 4.74. The Bertz CT molecular complexity index is 457. The zero-order valence-electron chi connectivity index (χ0n) is 13.7. The summed E-state index contributed by atoms with van der Waals surface area (Å²) in [7, 11) is 2.02. The van der Waals surface area contributed by atoms with E-state index in [2.05, 4.69) is 20.4 Å². The van der Waals surface area contributed by atoms with Crippen molar-refractivity contribution >= 4 is 5.91 Å². The lowest BCUT2D eigenvalue weighted by atomic mass is 10.1. The van der Waals surface area contributed by atoms with Gasteiger partial charge in [0.1, 0.15) is 0 Å². The maximum absolute atomic E-state index is 12.3. The van der Waals surface area contributed by atoms with Gasteiger partial charge >= 0.3 is 0 Å². The first-order valence-corrected chi connectivity index (χ1v) is 8.00. The zero-order valence-corrected chi connectivity index (χ0v) is 13.7. The molecule has 2 N–H and O–H groups in total. The number of rotatable bonds is 6. The van der Waals surface area contributed by atoms with Crippen molar-refractivity contribution in [3.8, 4) is 0 Å². The Morgan fingerprint density at radius 1 is 1.43 bits per heavy atom. The van der Waals surface area contributed by atoms with Crippen LogP contribution < -0.4 is 5.32 Å². The van der Waals surface area contributed by atoms with Crippen molar-refractivity contribution in [2.24, 2.45) is 0 Å². The Kier molecular flexibility index (Phi) is 5.39. The van der Waals surface area contributed by atoms with Crippen molar-refractivity contribution < 1.29 is 4.79 Å². The number of H-pyrrole nitrogens is 1. The minimum atomic E-state index is -0.0851. The van der Waals surface area contributed by atoms with E-state index in [1.54, 1.807) is 0 Å². The highest BCUT2D eigenvalue weighted by molar-refractivity contribution is 5.81. The molecule has 0 spiro atoms. The number of aromatic amines is 1. The van der Waals surface area contributed by atoms with Crippen LogP contribution in [-0.2, 0) is 11.2 Å². The highest BCUT2D eigenvalue weighted by Crippen LogP contribution is 2.18. The molecule has 1 aliphatic rings. The summed E-state index contributed by atoms with van der Waals surface area (Å²) in [5.41, 5.74) is 3.46. The second-order valence-electron chi connectivity index (χ2n) is 6.31. The topological polar surface area (TPSA) is 61.0 Å².